The Bertz CT molecular complexity index is 709. The summed E-state index contributed by atoms with van der Waals surface area (Å²) < 4.78 is 16.5. The first kappa shape index (κ1) is 17.5. The molecule has 0 spiro atoms. The van der Waals surface area contributed by atoms with Crippen LogP contribution in [0.3, 0.4) is 0 Å². The number of hydrogen-bond donors (Lipinski definition) is 0. The third-order valence-electron chi connectivity index (χ3n) is 3.61. The molecule has 0 fully saturated rings. The minimum Gasteiger partial charge on any atom is -0.493 e. The fraction of sp³-hybridized carbons (Fsp3) is 0.263. The molecule has 5 heteroatoms. The highest BCUT2D eigenvalue weighted by Crippen LogP contribution is 2.41. The second-order valence-electron chi connectivity index (χ2n) is 5.24. The van der Waals surface area contributed by atoms with Crippen molar-refractivity contribution in [3.05, 3.63) is 53.6 Å². The van der Waals surface area contributed by atoms with Crippen LogP contribution in [0, 0.1) is 5.92 Å². The lowest BCUT2D eigenvalue weighted by molar-refractivity contribution is -0.109. The van der Waals surface area contributed by atoms with Gasteiger partial charge < -0.3 is 19.0 Å². The van der Waals surface area contributed by atoms with Gasteiger partial charge in [0.2, 0.25) is 5.75 Å². The maximum Gasteiger partial charge on any atom is 0.204 e. The number of carbonyl (C=O) groups is 2. The first-order valence-corrected chi connectivity index (χ1v) is 7.53. The van der Waals surface area contributed by atoms with Gasteiger partial charge in [0.05, 0.1) is 25.7 Å². The molecule has 2 aromatic rings. The summed E-state index contributed by atoms with van der Waals surface area (Å²) >= 11 is 0. The minimum atomic E-state index is -0.762. The van der Waals surface area contributed by atoms with Gasteiger partial charge in [0.1, 0.15) is 12.9 Å². The Hall–Kier alpha value is -2.82. The summed E-state index contributed by atoms with van der Waals surface area (Å²) in [4.78, 5) is 23.4. The molecule has 126 valence electrons. The summed E-state index contributed by atoms with van der Waals surface area (Å²) in [6.07, 6.45) is 0.611. The van der Waals surface area contributed by atoms with Crippen molar-refractivity contribution in [3.63, 3.8) is 0 Å². The third-order valence-corrected chi connectivity index (χ3v) is 3.61. The average molecular weight is 328 g/mol. The van der Waals surface area contributed by atoms with Gasteiger partial charge in [-0.1, -0.05) is 30.3 Å². The zero-order valence-corrected chi connectivity index (χ0v) is 13.9. The van der Waals surface area contributed by atoms with E-state index in [1.165, 1.54) is 14.2 Å². The molecule has 0 N–H and O–H groups in total. The second-order valence-corrected chi connectivity index (χ2v) is 5.24. The second kappa shape index (κ2) is 8.15. The Morgan fingerprint density at radius 1 is 1.04 bits per heavy atom. The Kier molecular flexibility index (Phi) is 5.95. The number of carbonyl (C=O) groups excluding carboxylic acids is 2. The highest BCUT2D eigenvalue weighted by molar-refractivity contribution is 6.07. The quantitative estimate of drug-likeness (QED) is 0.423. The first-order chi connectivity index (χ1) is 11.6. The van der Waals surface area contributed by atoms with Gasteiger partial charge in [-0.3, -0.25) is 4.79 Å². The Labute approximate surface area is 141 Å². The number of Topliss-reactive ketones (excluding diaryl/α,β-unsaturated/α-hetero) is 1. The summed E-state index contributed by atoms with van der Waals surface area (Å²) in [5, 5.41) is 0. The molecule has 0 bridgehead atoms. The molecule has 2 aromatic carbocycles. The smallest absolute Gasteiger partial charge is 0.204 e. The van der Waals surface area contributed by atoms with Crippen molar-refractivity contribution < 1.29 is 23.8 Å². The normalized spacial score (nSPS) is 11.5. The van der Waals surface area contributed by atoms with Crippen molar-refractivity contribution in [2.45, 2.75) is 13.5 Å². The topological polar surface area (TPSA) is 61.8 Å². The lowest BCUT2D eigenvalue weighted by Crippen LogP contribution is -2.15. The number of aldehydes is 1. The van der Waals surface area contributed by atoms with E-state index in [1.807, 2.05) is 30.3 Å². The van der Waals surface area contributed by atoms with Gasteiger partial charge in [-0.05, 0) is 24.6 Å². The van der Waals surface area contributed by atoms with Crippen molar-refractivity contribution in [3.8, 4) is 17.2 Å². The number of ether oxygens (including phenoxy) is 3. The number of rotatable bonds is 8. The number of ketones is 1. The lowest BCUT2D eigenvalue weighted by Gasteiger charge is -2.17. The molecule has 0 radical (unpaired) electrons. The molecule has 1 unspecified atom stereocenters. The van der Waals surface area contributed by atoms with Crippen LogP contribution in [0.4, 0.5) is 0 Å². The van der Waals surface area contributed by atoms with Crippen molar-refractivity contribution in [2.75, 3.05) is 14.2 Å². The van der Waals surface area contributed by atoms with Crippen LogP contribution in [-0.2, 0) is 11.4 Å². The third kappa shape index (κ3) is 3.74. The maximum absolute atomic E-state index is 12.5. The molecule has 0 saturated heterocycles. The predicted molar refractivity (Wildman–Crippen MR) is 89.9 cm³/mol. The zero-order chi connectivity index (χ0) is 17.5. The van der Waals surface area contributed by atoms with Gasteiger partial charge >= 0.3 is 0 Å². The molecule has 0 amide bonds. The van der Waals surface area contributed by atoms with Gasteiger partial charge in [-0.15, -0.1) is 0 Å². The molecule has 5 nitrogen and oxygen atoms in total. The summed E-state index contributed by atoms with van der Waals surface area (Å²) in [6, 6.07) is 12.8. The molecule has 0 heterocycles. The molecular formula is C19H20O5. The van der Waals surface area contributed by atoms with Gasteiger partial charge in [0, 0.05) is 0 Å². The molecule has 0 aliphatic rings. The van der Waals surface area contributed by atoms with Gasteiger partial charge in [0.25, 0.3) is 0 Å². The van der Waals surface area contributed by atoms with Crippen LogP contribution in [0.2, 0.25) is 0 Å². The van der Waals surface area contributed by atoms with Crippen LogP contribution in [0.5, 0.6) is 17.2 Å². The summed E-state index contributed by atoms with van der Waals surface area (Å²) in [5.41, 5.74) is 1.24. The van der Waals surface area contributed by atoms with Gasteiger partial charge in [-0.2, -0.15) is 0 Å². The van der Waals surface area contributed by atoms with Gasteiger partial charge in [0.15, 0.2) is 17.3 Å². The molecular weight excluding hydrogens is 308 g/mol. The molecule has 0 aliphatic heterocycles. The minimum absolute atomic E-state index is 0.264. The van der Waals surface area contributed by atoms with Gasteiger partial charge in [-0.25, -0.2) is 0 Å². The van der Waals surface area contributed by atoms with E-state index in [0.29, 0.717) is 23.3 Å². The monoisotopic (exact) mass is 328 g/mol. The molecule has 2 rings (SSSR count). The molecule has 0 aliphatic carbocycles. The molecule has 1 atom stereocenters. The Morgan fingerprint density at radius 2 is 1.75 bits per heavy atom. The van der Waals surface area contributed by atoms with E-state index in [2.05, 4.69) is 0 Å². The molecule has 0 saturated carbocycles. The van der Waals surface area contributed by atoms with Crippen molar-refractivity contribution in [1.82, 2.24) is 0 Å². The van der Waals surface area contributed by atoms with E-state index in [1.54, 1.807) is 19.1 Å². The first-order valence-electron chi connectivity index (χ1n) is 7.53. The van der Waals surface area contributed by atoms with E-state index in [-0.39, 0.29) is 18.1 Å². The SMILES string of the molecule is COc1ccc(C(=O)C(C)C=O)c(OCc2ccccc2)c1OC. The fourth-order valence-corrected chi connectivity index (χ4v) is 2.27. The summed E-state index contributed by atoms with van der Waals surface area (Å²) in [6.45, 7) is 1.81. The lowest BCUT2D eigenvalue weighted by atomic mass is 9.99. The van der Waals surface area contributed by atoms with Crippen molar-refractivity contribution in [1.29, 1.82) is 0 Å². The van der Waals surface area contributed by atoms with E-state index in [0.717, 1.165) is 5.56 Å². The van der Waals surface area contributed by atoms with E-state index < -0.39 is 5.92 Å². The van der Waals surface area contributed by atoms with Crippen LogP contribution >= 0.6 is 0 Å². The number of hydrogen-bond acceptors (Lipinski definition) is 5. The van der Waals surface area contributed by atoms with E-state index in [9.17, 15) is 9.59 Å². The standard InChI is InChI=1S/C19H20O5/c1-13(11-20)17(21)15-9-10-16(22-2)19(23-3)18(15)24-12-14-7-5-4-6-8-14/h4-11,13H,12H2,1-3H3. The number of benzene rings is 2. The Balaban J connectivity index is 2.43. The van der Waals surface area contributed by atoms with Crippen molar-refractivity contribution in [2.24, 2.45) is 5.92 Å². The number of methoxy groups -OCH3 is 2. The zero-order valence-electron chi connectivity index (χ0n) is 13.9. The Morgan fingerprint density at radius 3 is 2.33 bits per heavy atom. The average Bonchev–Trinajstić information content (AvgIpc) is 2.64. The van der Waals surface area contributed by atoms with Crippen LogP contribution in [0.15, 0.2) is 42.5 Å². The van der Waals surface area contributed by atoms with Crippen LogP contribution in [0.25, 0.3) is 0 Å². The van der Waals surface area contributed by atoms with Crippen LogP contribution < -0.4 is 14.2 Å². The highest BCUT2D eigenvalue weighted by Gasteiger charge is 2.24. The summed E-state index contributed by atoms with van der Waals surface area (Å²) in [5.74, 6) is -0.0242. The van der Waals surface area contributed by atoms with Crippen LogP contribution in [0.1, 0.15) is 22.8 Å². The maximum atomic E-state index is 12.5. The highest BCUT2D eigenvalue weighted by atomic mass is 16.5. The summed E-state index contributed by atoms with van der Waals surface area (Å²) in [7, 11) is 2.99. The van der Waals surface area contributed by atoms with Crippen LogP contribution in [-0.4, -0.2) is 26.3 Å². The fourth-order valence-electron chi connectivity index (χ4n) is 2.27. The van der Waals surface area contributed by atoms with Crippen molar-refractivity contribution >= 4 is 12.1 Å². The molecule has 0 aromatic heterocycles. The van der Waals surface area contributed by atoms with E-state index >= 15 is 0 Å². The molecule has 24 heavy (non-hydrogen) atoms. The largest absolute Gasteiger partial charge is 0.493 e. The predicted octanol–water partition coefficient (Wildman–Crippen LogP) is 3.30. The van der Waals surface area contributed by atoms with E-state index in [4.69, 9.17) is 14.2 Å².